The van der Waals surface area contributed by atoms with Gasteiger partial charge in [0.1, 0.15) is 0 Å². The number of ether oxygens (including phenoxy) is 1. The Labute approximate surface area is 147 Å². The summed E-state index contributed by atoms with van der Waals surface area (Å²) in [5.41, 5.74) is 2.96. The van der Waals surface area contributed by atoms with Gasteiger partial charge in [-0.05, 0) is 50.7 Å². The molecule has 0 aliphatic heterocycles. The molecule has 1 aromatic heterocycles. The van der Waals surface area contributed by atoms with E-state index < -0.39 is 5.97 Å². The normalized spacial score (nSPS) is 15.0. The second-order valence-electron chi connectivity index (χ2n) is 6.70. The Morgan fingerprint density at radius 3 is 2.72 bits per heavy atom. The highest BCUT2D eigenvalue weighted by molar-refractivity contribution is 6.05. The lowest BCUT2D eigenvalue weighted by atomic mass is 10.0. The van der Waals surface area contributed by atoms with Crippen molar-refractivity contribution in [1.82, 2.24) is 10.3 Å². The molecule has 132 valence electrons. The van der Waals surface area contributed by atoms with E-state index in [1.165, 1.54) is 0 Å². The maximum Gasteiger partial charge on any atom is 0.339 e. The van der Waals surface area contributed by atoms with Crippen molar-refractivity contribution in [3.05, 3.63) is 41.1 Å². The van der Waals surface area contributed by atoms with E-state index >= 15 is 0 Å². The van der Waals surface area contributed by atoms with Gasteiger partial charge in [-0.1, -0.05) is 25.1 Å². The van der Waals surface area contributed by atoms with E-state index in [2.05, 4.69) is 10.3 Å². The third-order valence-electron chi connectivity index (χ3n) is 4.83. The molecule has 5 nitrogen and oxygen atoms in total. The van der Waals surface area contributed by atoms with E-state index in [-0.39, 0.29) is 18.6 Å². The van der Waals surface area contributed by atoms with Gasteiger partial charge in [0.25, 0.3) is 5.91 Å². The van der Waals surface area contributed by atoms with E-state index in [9.17, 15) is 9.59 Å². The van der Waals surface area contributed by atoms with Crippen molar-refractivity contribution >= 4 is 22.8 Å². The average Bonchev–Trinajstić information content (AvgIpc) is 3.44. The Morgan fingerprint density at radius 1 is 1.32 bits per heavy atom. The summed E-state index contributed by atoms with van der Waals surface area (Å²) < 4.78 is 5.30. The number of aryl methyl sites for hydroxylation is 1. The first-order valence-electron chi connectivity index (χ1n) is 8.86. The predicted octanol–water partition coefficient (Wildman–Crippen LogP) is 3.18. The quantitative estimate of drug-likeness (QED) is 0.820. The summed E-state index contributed by atoms with van der Waals surface area (Å²) in [5.74, 6) is -0.155. The topological polar surface area (TPSA) is 68.3 Å². The molecular formula is C20H24N2O3. The van der Waals surface area contributed by atoms with Gasteiger partial charge >= 0.3 is 5.97 Å². The lowest BCUT2D eigenvalue weighted by Crippen LogP contribution is -2.37. The van der Waals surface area contributed by atoms with Gasteiger partial charge in [-0.25, -0.2) is 4.79 Å². The van der Waals surface area contributed by atoms with Crippen LogP contribution in [-0.2, 0) is 16.0 Å². The van der Waals surface area contributed by atoms with Crippen molar-refractivity contribution in [3.8, 4) is 0 Å². The number of esters is 1. The molecule has 1 heterocycles. The minimum atomic E-state index is -0.472. The van der Waals surface area contributed by atoms with Crippen LogP contribution >= 0.6 is 0 Å². The second kappa shape index (κ2) is 7.21. The molecule has 2 aromatic rings. The van der Waals surface area contributed by atoms with E-state index in [0.717, 1.165) is 41.4 Å². The van der Waals surface area contributed by atoms with Crippen molar-refractivity contribution in [1.29, 1.82) is 0 Å². The number of nitrogens with zero attached hydrogens (tertiary/aromatic N) is 1. The Bertz CT molecular complexity index is 812. The SMILES string of the molecule is CCc1nc2ccccc2c(C(=O)OCC(=O)N[C@@H](C)C2CC2)c1C. The number of amides is 1. The zero-order valence-corrected chi connectivity index (χ0v) is 15.0. The van der Waals surface area contributed by atoms with Crippen LogP contribution in [0, 0.1) is 12.8 Å². The fraction of sp³-hybridized carbons (Fsp3) is 0.450. The van der Waals surface area contributed by atoms with Crippen molar-refractivity contribution < 1.29 is 14.3 Å². The van der Waals surface area contributed by atoms with Crippen LogP contribution in [0.5, 0.6) is 0 Å². The van der Waals surface area contributed by atoms with E-state index in [1.807, 2.05) is 45.0 Å². The standard InChI is InChI=1S/C20H24N2O3/c1-4-16-12(2)19(15-7-5-6-8-17(15)22-16)20(24)25-11-18(23)21-13(3)14-9-10-14/h5-8,13-14H,4,9-11H2,1-3H3,(H,21,23)/t13-/m0/s1. The maximum absolute atomic E-state index is 12.7. The largest absolute Gasteiger partial charge is 0.452 e. The zero-order valence-electron chi connectivity index (χ0n) is 15.0. The van der Waals surface area contributed by atoms with Gasteiger partial charge in [0, 0.05) is 17.1 Å². The highest BCUT2D eigenvalue weighted by atomic mass is 16.5. The molecule has 1 saturated carbocycles. The van der Waals surface area contributed by atoms with Crippen molar-refractivity contribution in [2.24, 2.45) is 5.92 Å². The molecule has 5 heteroatoms. The molecule has 1 fully saturated rings. The van der Waals surface area contributed by atoms with Gasteiger partial charge in [0.05, 0.1) is 11.1 Å². The number of aromatic nitrogens is 1. The van der Waals surface area contributed by atoms with Gasteiger partial charge in [0.2, 0.25) is 0 Å². The number of fused-ring (bicyclic) bond motifs is 1. The first-order valence-corrected chi connectivity index (χ1v) is 8.86. The van der Waals surface area contributed by atoms with Crippen molar-refractivity contribution in [2.45, 2.75) is 46.1 Å². The van der Waals surface area contributed by atoms with Gasteiger partial charge in [-0.3, -0.25) is 9.78 Å². The highest BCUT2D eigenvalue weighted by Gasteiger charge is 2.29. The molecule has 0 radical (unpaired) electrons. The lowest BCUT2D eigenvalue weighted by Gasteiger charge is -2.15. The van der Waals surface area contributed by atoms with Gasteiger partial charge in [-0.2, -0.15) is 0 Å². The Morgan fingerprint density at radius 2 is 2.04 bits per heavy atom. The summed E-state index contributed by atoms with van der Waals surface area (Å²) in [4.78, 5) is 29.3. The number of carbonyl (C=O) groups is 2. The number of carbonyl (C=O) groups excluding carboxylic acids is 2. The average molecular weight is 340 g/mol. The second-order valence-corrected chi connectivity index (χ2v) is 6.70. The van der Waals surface area contributed by atoms with Crippen molar-refractivity contribution in [3.63, 3.8) is 0 Å². The van der Waals surface area contributed by atoms with E-state index in [0.29, 0.717) is 11.5 Å². The molecule has 1 N–H and O–H groups in total. The Kier molecular flexibility index (Phi) is 5.02. The van der Waals surface area contributed by atoms with Crippen LogP contribution in [0.4, 0.5) is 0 Å². The minimum absolute atomic E-state index is 0.140. The smallest absolute Gasteiger partial charge is 0.339 e. The minimum Gasteiger partial charge on any atom is -0.452 e. The van der Waals surface area contributed by atoms with Crippen LogP contribution < -0.4 is 5.32 Å². The Hall–Kier alpha value is -2.43. The van der Waals surface area contributed by atoms with Crippen LogP contribution in [-0.4, -0.2) is 29.5 Å². The molecule has 1 amide bonds. The number of nitrogens with one attached hydrogen (secondary N) is 1. The van der Waals surface area contributed by atoms with Gasteiger partial charge < -0.3 is 10.1 Å². The molecule has 1 atom stereocenters. The summed E-state index contributed by atoms with van der Waals surface area (Å²) in [6.45, 7) is 5.62. The monoisotopic (exact) mass is 340 g/mol. The van der Waals surface area contributed by atoms with Crippen LogP contribution in [0.2, 0.25) is 0 Å². The third kappa shape index (κ3) is 3.81. The van der Waals surface area contributed by atoms with E-state index in [1.54, 1.807) is 0 Å². The van der Waals surface area contributed by atoms with Gasteiger partial charge in [0.15, 0.2) is 6.61 Å². The highest BCUT2D eigenvalue weighted by Crippen LogP contribution is 2.32. The fourth-order valence-electron chi connectivity index (χ4n) is 3.18. The molecule has 0 bridgehead atoms. The van der Waals surface area contributed by atoms with Crippen LogP contribution in [0.3, 0.4) is 0 Å². The van der Waals surface area contributed by atoms with Crippen LogP contribution in [0.25, 0.3) is 10.9 Å². The fourth-order valence-corrected chi connectivity index (χ4v) is 3.18. The van der Waals surface area contributed by atoms with Gasteiger partial charge in [-0.15, -0.1) is 0 Å². The Balaban J connectivity index is 1.77. The maximum atomic E-state index is 12.7. The molecule has 1 aromatic carbocycles. The van der Waals surface area contributed by atoms with Crippen LogP contribution in [0.1, 0.15) is 48.3 Å². The van der Waals surface area contributed by atoms with Crippen LogP contribution in [0.15, 0.2) is 24.3 Å². The molecule has 1 aliphatic carbocycles. The predicted molar refractivity (Wildman–Crippen MR) is 96.5 cm³/mol. The number of pyridine rings is 1. The number of hydrogen-bond donors (Lipinski definition) is 1. The lowest BCUT2D eigenvalue weighted by molar-refractivity contribution is -0.124. The number of hydrogen-bond acceptors (Lipinski definition) is 4. The van der Waals surface area contributed by atoms with Crippen molar-refractivity contribution in [2.75, 3.05) is 6.61 Å². The summed E-state index contributed by atoms with van der Waals surface area (Å²) in [7, 11) is 0. The molecular weight excluding hydrogens is 316 g/mol. The van der Waals surface area contributed by atoms with E-state index in [4.69, 9.17) is 4.74 Å². The first-order chi connectivity index (χ1) is 12.0. The molecule has 25 heavy (non-hydrogen) atoms. The third-order valence-corrected chi connectivity index (χ3v) is 4.83. The summed E-state index contributed by atoms with van der Waals surface area (Å²) in [5, 5.41) is 3.65. The number of para-hydroxylation sites is 1. The molecule has 1 aliphatic rings. The first kappa shape index (κ1) is 17.4. The number of rotatable bonds is 6. The summed E-state index contributed by atoms with van der Waals surface area (Å²) in [6, 6.07) is 7.65. The number of benzene rings is 1. The molecule has 0 spiro atoms. The zero-order chi connectivity index (χ0) is 18.0. The molecule has 0 unspecified atom stereocenters. The summed E-state index contributed by atoms with van der Waals surface area (Å²) >= 11 is 0. The molecule has 0 saturated heterocycles. The summed E-state index contributed by atoms with van der Waals surface area (Å²) in [6.07, 6.45) is 3.04. The molecule has 3 rings (SSSR count).